The maximum Gasteiger partial charge on any atom is 0.303 e. The van der Waals surface area contributed by atoms with E-state index in [1.807, 2.05) is 0 Å². The highest BCUT2D eigenvalue weighted by molar-refractivity contribution is 5.75. The second-order valence-electron chi connectivity index (χ2n) is 4.91. The zero-order valence-corrected chi connectivity index (χ0v) is 11.1. The second kappa shape index (κ2) is 8.08. The first kappa shape index (κ1) is 15.0. The number of rotatable bonds is 7. The summed E-state index contributed by atoms with van der Waals surface area (Å²) in [6.07, 6.45) is 4.23. The van der Waals surface area contributed by atoms with Crippen molar-refractivity contribution < 1.29 is 19.4 Å². The number of aliphatic carboxylic acids is 1. The lowest BCUT2D eigenvalue weighted by atomic mass is 9.95. The van der Waals surface area contributed by atoms with Gasteiger partial charge in [-0.3, -0.25) is 9.59 Å². The number of hydrogen-bond acceptors (Lipinski definition) is 3. The monoisotopic (exact) mass is 257 g/mol. The van der Waals surface area contributed by atoms with Gasteiger partial charge in [0.25, 0.3) is 0 Å². The van der Waals surface area contributed by atoms with Gasteiger partial charge in [0.2, 0.25) is 5.91 Å². The average Bonchev–Trinajstić information content (AvgIpc) is 2.36. The van der Waals surface area contributed by atoms with Crippen LogP contribution in [0.5, 0.6) is 0 Å². The molecule has 1 aliphatic rings. The van der Waals surface area contributed by atoms with Crippen molar-refractivity contribution in [3.8, 4) is 0 Å². The van der Waals surface area contributed by atoms with Gasteiger partial charge in [0.1, 0.15) is 0 Å². The molecule has 0 aromatic rings. The van der Waals surface area contributed by atoms with Gasteiger partial charge in [0.05, 0.1) is 0 Å². The van der Waals surface area contributed by atoms with Gasteiger partial charge in [-0.15, -0.1) is 0 Å². The fourth-order valence-corrected chi connectivity index (χ4v) is 2.15. The summed E-state index contributed by atoms with van der Waals surface area (Å²) in [6, 6.07) is 0. The van der Waals surface area contributed by atoms with Gasteiger partial charge >= 0.3 is 5.97 Å². The Hall–Kier alpha value is -1.10. The maximum absolute atomic E-state index is 11.8. The van der Waals surface area contributed by atoms with Crippen LogP contribution in [0.25, 0.3) is 0 Å². The van der Waals surface area contributed by atoms with Crippen LogP contribution in [-0.2, 0) is 14.3 Å². The molecular formula is C13H23NO4. The normalized spacial score (nSPS) is 16.5. The molecule has 18 heavy (non-hydrogen) atoms. The fourth-order valence-electron chi connectivity index (χ4n) is 2.15. The van der Waals surface area contributed by atoms with Crippen LogP contribution in [0.4, 0.5) is 0 Å². The molecule has 0 aromatic heterocycles. The minimum absolute atomic E-state index is 0.117. The van der Waals surface area contributed by atoms with Gasteiger partial charge in [-0.05, 0) is 31.6 Å². The van der Waals surface area contributed by atoms with Crippen molar-refractivity contribution in [2.45, 2.75) is 38.5 Å². The summed E-state index contributed by atoms with van der Waals surface area (Å²) in [4.78, 5) is 23.8. The number of ether oxygens (including phenoxy) is 1. The summed E-state index contributed by atoms with van der Waals surface area (Å²) in [5, 5.41) is 8.52. The largest absolute Gasteiger partial charge is 0.481 e. The first-order valence-corrected chi connectivity index (χ1v) is 6.63. The molecule has 1 rings (SSSR count). The second-order valence-corrected chi connectivity index (χ2v) is 4.91. The van der Waals surface area contributed by atoms with Gasteiger partial charge < -0.3 is 14.7 Å². The highest BCUT2D eigenvalue weighted by atomic mass is 16.5. The maximum atomic E-state index is 11.8. The van der Waals surface area contributed by atoms with E-state index >= 15 is 0 Å². The van der Waals surface area contributed by atoms with Crippen LogP contribution in [0.2, 0.25) is 0 Å². The van der Waals surface area contributed by atoms with Gasteiger partial charge in [-0.25, -0.2) is 0 Å². The van der Waals surface area contributed by atoms with Gasteiger partial charge in [-0.2, -0.15) is 0 Å². The van der Waals surface area contributed by atoms with E-state index in [0.29, 0.717) is 25.3 Å². The van der Waals surface area contributed by atoms with Crippen molar-refractivity contribution in [1.82, 2.24) is 4.90 Å². The molecule has 0 spiro atoms. The molecule has 0 aliphatic carbocycles. The summed E-state index contributed by atoms with van der Waals surface area (Å²) in [5.41, 5.74) is 0. The fraction of sp³-hybridized carbons (Fsp3) is 0.846. The molecule has 0 atom stereocenters. The van der Waals surface area contributed by atoms with Crippen LogP contribution in [0.3, 0.4) is 0 Å². The molecule has 1 saturated heterocycles. The Kier molecular flexibility index (Phi) is 6.72. The Morgan fingerprint density at radius 2 is 1.94 bits per heavy atom. The first-order valence-electron chi connectivity index (χ1n) is 6.63. The van der Waals surface area contributed by atoms with E-state index in [0.717, 1.165) is 32.5 Å². The molecule has 0 radical (unpaired) electrons. The minimum Gasteiger partial charge on any atom is -0.481 e. The third-order valence-electron chi connectivity index (χ3n) is 3.42. The average molecular weight is 257 g/mol. The number of carboxylic acids is 1. The van der Waals surface area contributed by atoms with Crippen molar-refractivity contribution in [3.63, 3.8) is 0 Å². The summed E-state index contributed by atoms with van der Waals surface area (Å²) in [5.74, 6) is -0.0833. The smallest absolute Gasteiger partial charge is 0.303 e. The molecule has 0 saturated carbocycles. The van der Waals surface area contributed by atoms with E-state index in [9.17, 15) is 9.59 Å². The molecule has 0 unspecified atom stereocenters. The lowest BCUT2D eigenvalue weighted by molar-refractivity contribution is -0.138. The molecular weight excluding hydrogens is 234 g/mol. The van der Waals surface area contributed by atoms with Crippen molar-refractivity contribution in [3.05, 3.63) is 0 Å². The van der Waals surface area contributed by atoms with Gasteiger partial charge in [-0.1, -0.05) is 0 Å². The van der Waals surface area contributed by atoms with Crippen LogP contribution in [-0.4, -0.2) is 48.7 Å². The number of hydrogen-bond donors (Lipinski definition) is 1. The van der Waals surface area contributed by atoms with E-state index < -0.39 is 5.97 Å². The SMILES string of the molecule is CN(CCCC(=O)O)C(=O)CCC1CCOCC1. The zero-order valence-electron chi connectivity index (χ0n) is 11.1. The Labute approximate surface area is 108 Å². The third-order valence-corrected chi connectivity index (χ3v) is 3.42. The molecule has 1 amide bonds. The van der Waals surface area contributed by atoms with E-state index in [1.165, 1.54) is 0 Å². The molecule has 1 heterocycles. The van der Waals surface area contributed by atoms with E-state index in [2.05, 4.69) is 0 Å². The summed E-state index contributed by atoms with van der Waals surface area (Å²) in [7, 11) is 1.74. The Balaban J connectivity index is 2.12. The van der Waals surface area contributed by atoms with E-state index in [4.69, 9.17) is 9.84 Å². The number of nitrogens with zero attached hydrogens (tertiary/aromatic N) is 1. The Morgan fingerprint density at radius 3 is 2.56 bits per heavy atom. The quantitative estimate of drug-likeness (QED) is 0.751. The standard InChI is InChI=1S/C13H23NO4/c1-14(8-2-3-13(16)17)12(15)5-4-11-6-9-18-10-7-11/h11H,2-10H2,1H3,(H,16,17). The Morgan fingerprint density at radius 1 is 1.28 bits per heavy atom. The molecule has 104 valence electrons. The first-order chi connectivity index (χ1) is 8.59. The highest BCUT2D eigenvalue weighted by Crippen LogP contribution is 2.20. The number of carbonyl (C=O) groups excluding carboxylic acids is 1. The molecule has 0 aromatic carbocycles. The number of carboxylic acid groups (broad SMARTS) is 1. The molecule has 1 fully saturated rings. The molecule has 1 aliphatic heterocycles. The van der Waals surface area contributed by atoms with Crippen molar-refractivity contribution in [2.75, 3.05) is 26.8 Å². The number of carbonyl (C=O) groups is 2. The lowest BCUT2D eigenvalue weighted by Crippen LogP contribution is -2.28. The van der Waals surface area contributed by atoms with Crippen molar-refractivity contribution >= 4 is 11.9 Å². The highest BCUT2D eigenvalue weighted by Gasteiger charge is 2.16. The lowest BCUT2D eigenvalue weighted by Gasteiger charge is -2.23. The van der Waals surface area contributed by atoms with Crippen LogP contribution in [0.15, 0.2) is 0 Å². The molecule has 0 bridgehead atoms. The Bertz CT molecular complexity index is 274. The third kappa shape index (κ3) is 6.00. The van der Waals surface area contributed by atoms with Crippen LogP contribution in [0, 0.1) is 5.92 Å². The predicted molar refractivity (Wildman–Crippen MR) is 67.3 cm³/mol. The summed E-state index contributed by atoms with van der Waals surface area (Å²) < 4.78 is 5.28. The number of amides is 1. The molecule has 5 heteroatoms. The van der Waals surface area contributed by atoms with Crippen LogP contribution >= 0.6 is 0 Å². The topological polar surface area (TPSA) is 66.8 Å². The summed E-state index contributed by atoms with van der Waals surface area (Å²) in [6.45, 7) is 2.15. The van der Waals surface area contributed by atoms with Crippen LogP contribution < -0.4 is 0 Å². The minimum atomic E-state index is -0.807. The molecule has 5 nitrogen and oxygen atoms in total. The summed E-state index contributed by atoms with van der Waals surface area (Å²) >= 11 is 0. The van der Waals surface area contributed by atoms with E-state index in [-0.39, 0.29) is 12.3 Å². The predicted octanol–water partition coefficient (Wildman–Crippen LogP) is 1.52. The van der Waals surface area contributed by atoms with Crippen molar-refractivity contribution in [1.29, 1.82) is 0 Å². The van der Waals surface area contributed by atoms with Gasteiger partial charge in [0, 0.05) is 39.6 Å². The molecule has 1 N–H and O–H groups in total. The zero-order chi connectivity index (χ0) is 13.4. The van der Waals surface area contributed by atoms with Crippen molar-refractivity contribution in [2.24, 2.45) is 5.92 Å². The van der Waals surface area contributed by atoms with E-state index in [1.54, 1.807) is 11.9 Å². The van der Waals surface area contributed by atoms with Gasteiger partial charge in [0.15, 0.2) is 0 Å². The van der Waals surface area contributed by atoms with Crippen LogP contribution in [0.1, 0.15) is 38.5 Å².